The quantitative estimate of drug-likeness (QED) is 0.838. The predicted molar refractivity (Wildman–Crippen MR) is 71.5 cm³/mol. The second-order valence-corrected chi connectivity index (χ2v) is 6.27. The third-order valence-corrected chi connectivity index (χ3v) is 4.77. The molecule has 1 aliphatic heterocycles. The maximum Gasteiger partial charge on any atom is 0.168 e. The molecule has 1 saturated heterocycles. The zero-order valence-electron chi connectivity index (χ0n) is 11.5. The standard InChI is InChI=1S/C15H27NO2/c1-3-7-13(8-4-1)16-11-14-12-17-15(18-14)9-5-2-6-10-15/h13-14,16H,1-12H2. The van der Waals surface area contributed by atoms with Crippen LogP contribution in [-0.2, 0) is 9.47 Å². The highest BCUT2D eigenvalue weighted by molar-refractivity contribution is 4.84. The van der Waals surface area contributed by atoms with Crippen LogP contribution in [0.15, 0.2) is 0 Å². The minimum Gasteiger partial charge on any atom is -0.347 e. The summed E-state index contributed by atoms with van der Waals surface area (Å²) in [4.78, 5) is 0. The molecule has 3 nitrogen and oxygen atoms in total. The van der Waals surface area contributed by atoms with Gasteiger partial charge in [0.15, 0.2) is 5.79 Å². The maximum absolute atomic E-state index is 6.20. The van der Waals surface area contributed by atoms with Gasteiger partial charge in [-0.3, -0.25) is 0 Å². The highest BCUT2D eigenvalue weighted by Crippen LogP contribution is 2.37. The van der Waals surface area contributed by atoms with Crippen LogP contribution in [0.5, 0.6) is 0 Å². The fourth-order valence-electron chi connectivity index (χ4n) is 3.67. The lowest BCUT2D eigenvalue weighted by Gasteiger charge is -2.32. The average Bonchev–Trinajstić information content (AvgIpc) is 2.82. The Morgan fingerprint density at radius 1 is 0.944 bits per heavy atom. The molecule has 0 aromatic heterocycles. The van der Waals surface area contributed by atoms with Crippen molar-refractivity contribution < 1.29 is 9.47 Å². The minimum absolute atomic E-state index is 0.197. The van der Waals surface area contributed by atoms with Gasteiger partial charge in [-0.15, -0.1) is 0 Å². The summed E-state index contributed by atoms with van der Waals surface area (Å²) < 4.78 is 12.2. The van der Waals surface area contributed by atoms with Crippen LogP contribution in [0.4, 0.5) is 0 Å². The molecule has 3 fully saturated rings. The molecule has 0 bridgehead atoms. The molecule has 104 valence electrons. The van der Waals surface area contributed by atoms with Crippen LogP contribution < -0.4 is 5.32 Å². The van der Waals surface area contributed by atoms with E-state index in [0.29, 0.717) is 0 Å². The molecule has 18 heavy (non-hydrogen) atoms. The molecule has 3 heteroatoms. The average molecular weight is 253 g/mol. The van der Waals surface area contributed by atoms with E-state index in [4.69, 9.17) is 9.47 Å². The first-order chi connectivity index (χ1) is 8.86. The Morgan fingerprint density at radius 2 is 1.67 bits per heavy atom. The van der Waals surface area contributed by atoms with Gasteiger partial charge in [0, 0.05) is 25.4 Å². The molecule has 0 amide bonds. The summed E-state index contributed by atoms with van der Waals surface area (Å²) in [5.41, 5.74) is 0. The van der Waals surface area contributed by atoms with E-state index in [1.54, 1.807) is 0 Å². The third-order valence-electron chi connectivity index (χ3n) is 4.77. The van der Waals surface area contributed by atoms with Crippen molar-refractivity contribution in [3.05, 3.63) is 0 Å². The first-order valence-corrected chi connectivity index (χ1v) is 7.91. The van der Waals surface area contributed by atoms with Crippen molar-refractivity contribution in [2.45, 2.75) is 82.1 Å². The first kappa shape index (κ1) is 12.9. The predicted octanol–water partition coefficient (Wildman–Crippen LogP) is 2.98. The van der Waals surface area contributed by atoms with Crippen LogP contribution in [0.3, 0.4) is 0 Å². The number of hydrogen-bond acceptors (Lipinski definition) is 3. The lowest BCUT2D eigenvalue weighted by atomic mass is 9.94. The van der Waals surface area contributed by atoms with E-state index in [1.165, 1.54) is 51.4 Å². The van der Waals surface area contributed by atoms with Gasteiger partial charge >= 0.3 is 0 Å². The minimum atomic E-state index is -0.197. The van der Waals surface area contributed by atoms with Crippen LogP contribution in [0, 0.1) is 0 Å². The van der Waals surface area contributed by atoms with Crippen molar-refractivity contribution in [1.82, 2.24) is 5.32 Å². The summed E-state index contributed by atoms with van der Waals surface area (Å²) in [5, 5.41) is 3.68. The largest absolute Gasteiger partial charge is 0.347 e. The normalized spacial score (nSPS) is 33.0. The van der Waals surface area contributed by atoms with Crippen molar-refractivity contribution in [3.63, 3.8) is 0 Å². The molecule has 1 N–H and O–H groups in total. The highest BCUT2D eigenvalue weighted by atomic mass is 16.7. The van der Waals surface area contributed by atoms with Crippen molar-refractivity contribution in [2.24, 2.45) is 0 Å². The van der Waals surface area contributed by atoms with Crippen molar-refractivity contribution in [3.8, 4) is 0 Å². The summed E-state index contributed by atoms with van der Waals surface area (Å²) in [6, 6.07) is 0.727. The van der Waals surface area contributed by atoms with Gasteiger partial charge in [0.05, 0.1) is 12.7 Å². The zero-order valence-corrected chi connectivity index (χ0v) is 11.5. The number of rotatable bonds is 3. The summed E-state index contributed by atoms with van der Waals surface area (Å²) in [6.45, 7) is 1.77. The van der Waals surface area contributed by atoms with E-state index in [0.717, 1.165) is 32.0 Å². The molecule has 1 unspecified atom stereocenters. The molecule has 3 aliphatic rings. The maximum atomic E-state index is 6.20. The van der Waals surface area contributed by atoms with Gasteiger partial charge in [0.2, 0.25) is 0 Å². The Kier molecular flexibility index (Phi) is 4.22. The summed E-state index contributed by atoms with van der Waals surface area (Å²) in [6.07, 6.45) is 13.3. The molecule has 0 aromatic carbocycles. The van der Waals surface area contributed by atoms with E-state index in [-0.39, 0.29) is 11.9 Å². The molecule has 2 saturated carbocycles. The molecule has 1 atom stereocenters. The molecule has 2 aliphatic carbocycles. The first-order valence-electron chi connectivity index (χ1n) is 7.91. The fraction of sp³-hybridized carbons (Fsp3) is 1.00. The lowest BCUT2D eigenvalue weighted by Crippen LogP contribution is -2.39. The Morgan fingerprint density at radius 3 is 2.44 bits per heavy atom. The van der Waals surface area contributed by atoms with Crippen molar-refractivity contribution in [2.75, 3.05) is 13.2 Å². The summed E-state index contributed by atoms with van der Waals surface area (Å²) in [5.74, 6) is -0.197. The molecule has 1 heterocycles. The molecule has 1 spiro atoms. The van der Waals surface area contributed by atoms with Crippen molar-refractivity contribution in [1.29, 1.82) is 0 Å². The Bertz CT molecular complexity index is 257. The van der Waals surface area contributed by atoms with Crippen LogP contribution >= 0.6 is 0 Å². The smallest absolute Gasteiger partial charge is 0.168 e. The Hall–Kier alpha value is -0.120. The van der Waals surface area contributed by atoms with E-state index in [2.05, 4.69) is 5.32 Å². The zero-order chi connectivity index (χ0) is 12.3. The topological polar surface area (TPSA) is 30.5 Å². The van der Waals surface area contributed by atoms with Gasteiger partial charge in [0.25, 0.3) is 0 Å². The van der Waals surface area contributed by atoms with Crippen LogP contribution in [-0.4, -0.2) is 31.1 Å². The molecule has 0 radical (unpaired) electrons. The van der Waals surface area contributed by atoms with Gasteiger partial charge in [0.1, 0.15) is 0 Å². The SMILES string of the molecule is C1CCC(NCC2COC3(CCCCC3)O2)CC1. The van der Waals surface area contributed by atoms with Gasteiger partial charge < -0.3 is 14.8 Å². The molecular formula is C15H27NO2. The van der Waals surface area contributed by atoms with Gasteiger partial charge in [-0.2, -0.15) is 0 Å². The van der Waals surface area contributed by atoms with E-state index in [9.17, 15) is 0 Å². The number of hydrogen-bond donors (Lipinski definition) is 1. The van der Waals surface area contributed by atoms with Crippen LogP contribution in [0.2, 0.25) is 0 Å². The van der Waals surface area contributed by atoms with Gasteiger partial charge in [-0.1, -0.05) is 25.7 Å². The Labute approximate surface area is 111 Å². The van der Waals surface area contributed by atoms with Crippen molar-refractivity contribution >= 4 is 0 Å². The second-order valence-electron chi connectivity index (χ2n) is 6.27. The third kappa shape index (κ3) is 3.06. The van der Waals surface area contributed by atoms with Crippen LogP contribution in [0.1, 0.15) is 64.2 Å². The number of ether oxygens (including phenoxy) is 2. The molecule has 3 rings (SSSR count). The second kappa shape index (κ2) is 5.89. The summed E-state index contributed by atoms with van der Waals surface area (Å²) in [7, 11) is 0. The fourth-order valence-corrected chi connectivity index (χ4v) is 3.67. The monoisotopic (exact) mass is 253 g/mol. The Balaban J connectivity index is 1.41. The lowest BCUT2D eigenvalue weighted by molar-refractivity contribution is -0.186. The van der Waals surface area contributed by atoms with Gasteiger partial charge in [-0.05, 0) is 25.7 Å². The van der Waals surface area contributed by atoms with E-state index < -0.39 is 0 Å². The van der Waals surface area contributed by atoms with Gasteiger partial charge in [-0.25, -0.2) is 0 Å². The summed E-state index contributed by atoms with van der Waals surface area (Å²) >= 11 is 0. The van der Waals surface area contributed by atoms with E-state index >= 15 is 0 Å². The number of nitrogens with one attached hydrogen (secondary N) is 1. The highest BCUT2D eigenvalue weighted by Gasteiger charge is 2.42. The molecular weight excluding hydrogens is 226 g/mol. The van der Waals surface area contributed by atoms with Crippen LogP contribution in [0.25, 0.3) is 0 Å². The molecule has 0 aromatic rings. The van der Waals surface area contributed by atoms with E-state index in [1.807, 2.05) is 0 Å².